The summed E-state index contributed by atoms with van der Waals surface area (Å²) in [6.45, 7) is 4.31. The first-order chi connectivity index (χ1) is 10.1. The Bertz CT molecular complexity index is 610. The van der Waals surface area contributed by atoms with Gasteiger partial charge in [-0.15, -0.1) is 0 Å². The zero-order valence-electron chi connectivity index (χ0n) is 12.2. The smallest absolute Gasteiger partial charge is 0.238 e. The summed E-state index contributed by atoms with van der Waals surface area (Å²) in [5.41, 5.74) is 3.08. The maximum atomic E-state index is 12.0. The Morgan fingerprint density at radius 2 is 1.81 bits per heavy atom. The summed E-state index contributed by atoms with van der Waals surface area (Å²) in [5, 5.41) is 6.15. The number of aryl methyl sites for hydroxylation is 1. The molecule has 0 aromatic heterocycles. The first-order valence-corrected chi connectivity index (χ1v) is 7.70. The van der Waals surface area contributed by atoms with E-state index in [-0.39, 0.29) is 18.5 Å². The lowest BCUT2D eigenvalue weighted by molar-refractivity contribution is -0.115. The van der Waals surface area contributed by atoms with Gasteiger partial charge in [-0.25, -0.2) is 0 Å². The summed E-state index contributed by atoms with van der Waals surface area (Å²) in [6.07, 6.45) is 0. The van der Waals surface area contributed by atoms with Crippen LogP contribution in [0.25, 0.3) is 0 Å². The SMILES string of the molecule is Cc1ccccc1NC(=O)CNC(C)c1ccc(Br)cc1. The first kappa shape index (κ1) is 15.7. The summed E-state index contributed by atoms with van der Waals surface area (Å²) >= 11 is 3.42. The molecule has 2 aromatic carbocycles. The van der Waals surface area contributed by atoms with Crippen molar-refractivity contribution in [2.45, 2.75) is 19.9 Å². The van der Waals surface area contributed by atoms with E-state index in [0.717, 1.165) is 21.3 Å². The first-order valence-electron chi connectivity index (χ1n) is 6.90. The molecule has 1 amide bonds. The maximum Gasteiger partial charge on any atom is 0.238 e. The topological polar surface area (TPSA) is 41.1 Å². The quantitative estimate of drug-likeness (QED) is 0.857. The molecule has 1 atom stereocenters. The van der Waals surface area contributed by atoms with Gasteiger partial charge in [-0.3, -0.25) is 4.79 Å². The average Bonchev–Trinajstić information content (AvgIpc) is 2.48. The molecule has 0 saturated carbocycles. The highest BCUT2D eigenvalue weighted by atomic mass is 79.9. The van der Waals surface area contributed by atoms with E-state index in [0.29, 0.717) is 0 Å². The number of halogens is 1. The number of carbonyl (C=O) groups excluding carboxylic acids is 1. The molecule has 0 radical (unpaired) electrons. The fourth-order valence-electron chi connectivity index (χ4n) is 2.02. The molecule has 110 valence electrons. The lowest BCUT2D eigenvalue weighted by atomic mass is 10.1. The van der Waals surface area contributed by atoms with Gasteiger partial charge in [0.25, 0.3) is 0 Å². The summed E-state index contributed by atoms with van der Waals surface area (Å²) in [7, 11) is 0. The highest BCUT2D eigenvalue weighted by molar-refractivity contribution is 9.10. The lowest BCUT2D eigenvalue weighted by Gasteiger charge is -2.15. The number of nitrogens with one attached hydrogen (secondary N) is 2. The standard InChI is InChI=1S/C17H19BrN2O/c1-12-5-3-4-6-16(12)20-17(21)11-19-13(2)14-7-9-15(18)10-8-14/h3-10,13,19H,11H2,1-2H3,(H,20,21). The van der Waals surface area contributed by atoms with Gasteiger partial charge in [-0.2, -0.15) is 0 Å². The summed E-state index contributed by atoms with van der Waals surface area (Å²) in [5.74, 6) is -0.0340. The van der Waals surface area contributed by atoms with Gasteiger partial charge in [-0.05, 0) is 43.2 Å². The van der Waals surface area contributed by atoms with E-state index >= 15 is 0 Å². The van der Waals surface area contributed by atoms with Crippen molar-refractivity contribution < 1.29 is 4.79 Å². The van der Waals surface area contributed by atoms with Crippen LogP contribution in [-0.4, -0.2) is 12.5 Å². The molecule has 3 nitrogen and oxygen atoms in total. The number of rotatable bonds is 5. The van der Waals surface area contributed by atoms with Gasteiger partial charge in [0.05, 0.1) is 6.54 Å². The van der Waals surface area contributed by atoms with E-state index in [1.807, 2.05) is 62.4 Å². The van der Waals surface area contributed by atoms with Crippen molar-refractivity contribution >= 4 is 27.5 Å². The molecule has 2 rings (SSSR count). The van der Waals surface area contributed by atoms with Crippen LogP contribution in [0.2, 0.25) is 0 Å². The van der Waals surface area contributed by atoms with Crippen molar-refractivity contribution in [2.75, 3.05) is 11.9 Å². The van der Waals surface area contributed by atoms with Crippen LogP contribution < -0.4 is 10.6 Å². The molecule has 1 unspecified atom stereocenters. The number of hydrogen-bond donors (Lipinski definition) is 2. The van der Waals surface area contributed by atoms with E-state index in [1.54, 1.807) is 0 Å². The van der Waals surface area contributed by atoms with Gasteiger partial charge in [0.1, 0.15) is 0 Å². The molecule has 0 fully saturated rings. The van der Waals surface area contributed by atoms with E-state index in [9.17, 15) is 4.79 Å². The maximum absolute atomic E-state index is 12.0. The van der Waals surface area contributed by atoms with Crippen LogP contribution in [0.3, 0.4) is 0 Å². The van der Waals surface area contributed by atoms with Crippen LogP contribution in [0.15, 0.2) is 53.0 Å². The van der Waals surface area contributed by atoms with Gasteiger partial charge in [-0.1, -0.05) is 46.3 Å². The fourth-order valence-corrected chi connectivity index (χ4v) is 2.29. The number of carbonyl (C=O) groups is 1. The van der Waals surface area contributed by atoms with Crippen molar-refractivity contribution in [2.24, 2.45) is 0 Å². The normalized spacial score (nSPS) is 12.0. The molecule has 0 aliphatic rings. The third kappa shape index (κ3) is 4.69. The largest absolute Gasteiger partial charge is 0.325 e. The Morgan fingerprint density at radius 3 is 2.48 bits per heavy atom. The monoisotopic (exact) mass is 346 g/mol. The van der Waals surface area contributed by atoms with Gasteiger partial charge in [0.2, 0.25) is 5.91 Å². The van der Waals surface area contributed by atoms with Gasteiger partial charge >= 0.3 is 0 Å². The third-order valence-electron chi connectivity index (χ3n) is 3.36. The summed E-state index contributed by atoms with van der Waals surface area (Å²) in [4.78, 5) is 12.0. The number of anilines is 1. The number of benzene rings is 2. The van der Waals surface area contributed by atoms with E-state index in [1.165, 1.54) is 0 Å². The van der Waals surface area contributed by atoms with Crippen molar-refractivity contribution in [1.29, 1.82) is 0 Å². The Kier molecular flexibility index (Phi) is 5.53. The Labute approximate surface area is 133 Å². The molecule has 0 saturated heterocycles. The second kappa shape index (κ2) is 7.38. The second-order valence-corrected chi connectivity index (χ2v) is 5.93. The van der Waals surface area contributed by atoms with Crippen LogP contribution in [0.4, 0.5) is 5.69 Å². The highest BCUT2D eigenvalue weighted by Crippen LogP contribution is 2.16. The van der Waals surface area contributed by atoms with Crippen molar-refractivity contribution in [3.8, 4) is 0 Å². The Hall–Kier alpha value is -1.65. The molecule has 2 aromatic rings. The van der Waals surface area contributed by atoms with Crippen LogP contribution in [-0.2, 0) is 4.79 Å². The number of amides is 1. The Morgan fingerprint density at radius 1 is 1.14 bits per heavy atom. The molecule has 0 spiro atoms. The van der Waals surface area contributed by atoms with Crippen molar-refractivity contribution in [1.82, 2.24) is 5.32 Å². The average molecular weight is 347 g/mol. The van der Waals surface area contributed by atoms with Crippen LogP contribution >= 0.6 is 15.9 Å². The molecular weight excluding hydrogens is 328 g/mol. The van der Waals surface area contributed by atoms with Crippen LogP contribution in [0, 0.1) is 6.92 Å². The predicted octanol–water partition coefficient (Wildman–Crippen LogP) is 4.05. The zero-order valence-corrected chi connectivity index (χ0v) is 13.8. The van der Waals surface area contributed by atoms with Gasteiger partial charge < -0.3 is 10.6 Å². The molecular formula is C17H19BrN2O. The summed E-state index contributed by atoms with van der Waals surface area (Å²) in [6, 6.07) is 16.0. The third-order valence-corrected chi connectivity index (χ3v) is 3.89. The van der Waals surface area contributed by atoms with Gasteiger partial charge in [0, 0.05) is 16.2 Å². The fraction of sp³-hybridized carbons (Fsp3) is 0.235. The molecule has 0 aliphatic heterocycles. The van der Waals surface area contributed by atoms with E-state index in [4.69, 9.17) is 0 Å². The highest BCUT2D eigenvalue weighted by Gasteiger charge is 2.08. The molecule has 0 bridgehead atoms. The predicted molar refractivity (Wildman–Crippen MR) is 90.4 cm³/mol. The Balaban J connectivity index is 1.86. The van der Waals surface area contributed by atoms with E-state index < -0.39 is 0 Å². The lowest BCUT2D eigenvalue weighted by Crippen LogP contribution is -2.30. The zero-order chi connectivity index (χ0) is 15.2. The van der Waals surface area contributed by atoms with Crippen molar-refractivity contribution in [3.05, 3.63) is 64.1 Å². The summed E-state index contributed by atoms with van der Waals surface area (Å²) < 4.78 is 1.05. The van der Waals surface area contributed by atoms with Crippen LogP contribution in [0.1, 0.15) is 24.1 Å². The number of hydrogen-bond acceptors (Lipinski definition) is 2. The van der Waals surface area contributed by atoms with E-state index in [2.05, 4.69) is 26.6 Å². The van der Waals surface area contributed by atoms with Gasteiger partial charge in [0.15, 0.2) is 0 Å². The molecule has 4 heteroatoms. The molecule has 2 N–H and O–H groups in total. The minimum atomic E-state index is -0.0340. The number of para-hydroxylation sites is 1. The van der Waals surface area contributed by atoms with Crippen LogP contribution in [0.5, 0.6) is 0 Å². The second-order valence-electron chi connectivity index (χ2n) is 5.02. The minimum Gasteiger partial charge on any atom is -0.325 e. The van der Waals surface area contributed by atoms with Crippen molar-refractivity contribution in [3.63, 3.8) is 0 Å². The minimum absolute atomic E-state index is 0.0340. The molecule has 0 heterocycles. The molecule has 0 aliphatic carbocycles. The molecule has 21 heavy (non-hydrogen) atoms.